The van der Waals surface area contributed by atoms with E-state index in [-0.39, 0.29) is 6.61 Å². The molecule has 0 aliphatic carbocycles. The second-order valence-electron chi connectivity index (χ2n) is 2.32. The molecule has 0 radical (unpaired) electrons. The van der Waals surface area contributed by atoms with Gasteiger partial charge in [0.15, 0.2) is 0 Å². The Balaban J connectivity index is 3.41. The normalized spacial score (nSPS) is 14.1. The first-order valence-corrected chi connectivity index (χ1v) is 3.75. The van der Waals surface area contributed by atoms with Gasteiger partial charge in [-0.15, -0.1) is 0 Å². The van der Waals surface area contributed by atoms with Gasteiger partial charge in [0.05, 0.1) is 12.7 Å². The van der Waals surface area contributed by atoms with E-state index in [1.807, 2.05) is 13.8 Å². The number of aliphatic hydroxyl groups excluding tert-OH is 2. The van der Waals surface area contributed by atoms with Gasteiger partial charge in [-0.2, -0.15) is 0 Å². The van der Waals surface area contributed by atoms with Crippen LogP contribution in [0.5, 0.6) is 0 Å². The molecule has 0 amide bonds. The van der Waals surface area contributed by atoms with Crippen molar-refractivity contribution in [1.82, 2.24) is 4.90 Å². The zero-order valence-corrected chi connectivity index (χ0v) is 6.75. The van der Waals surface area contributed by atoms with Crippen molar-refractivity contribution in [1.29, 1.82) is 0 Å². The van der Waals surface area contributed by atoms with Gasteiger partial charge in [0.1, 0.15) is 0 Å². The zero-order valence-electron chi connectivity index (χ0n) is 6.75. The van der Waals surface area contributed by atoms with E-state index in [9.17, 15) is 0 Å². The van der Waals surface area contributed by atoms with Crippen LogP contribution < -0.4 is 0 Å². The van der Waals surface area contributed by atoms with E-state index >= 15 is 0 Å². The van der Waals surface area contributed by atoms with E-state index in [2.05, 4.69) is 4.90 Å². The lowest BCUT2D eigenvalue weighted by Gasteiger charge is -2.20. The van der Waals surface area contributed by atoms with Crippen molar-refractivity contribution in [3.63, 3.8) is 0 Å². The van der Waals surface area contributed by atoms with Crippen LogP contribution in [0.25, 0.3) is 0 Å². The molecular formula is C7H17NO2. The van der Waals surface area contributed by atoms with Crippen LogP contribution in [-0.4, -0.2) is 47.5 Å². The van der Waals surface area contributed by atoms with Crippen LogP contribution in [0.3, 0.4) is 0 Å². The number of hydrogen-bond acceptors (Lipinski definition) is 3. The van der Waals surface area contributed by atoms with Gasteiger partial charge in [0.2, 0.25) is 0 Å². The highest BCUT2D eigenvalue weighted by molar-refractivity contribution is 4.59. The molecule has 0 rings (SSSR count). The molecule has 0 aromatic carbocycles. The molecule has 0 aromatic heterocycles. The van der Waals surface area contributed by atoms with Crippen LogP contribution in [-0.2, 0) is 0 Å². The Bertz CT molecular complexity index is 74.0. The van der Waals surface area contributed by atoms with E-state index in [0.717, 1.165) is 13.1 Å². The lowest BCUT2D eigenvalue weighted by Crippen LogP contribution is -2.33. The Morgan fingerprint density at radius 3 is 2.10 bits per heavy atom. The molecule has 62 valence electrons. The molecule has 3 nitrogen and oxygen atoms in total. The van der Waals surface area contributed by atoms with Crippen LogP contribution in [0, 0.1) is 0 Å². The molecule has 0 fully saturated rings. The molecule has 0 saturated heterocycles. The van der Waals surface area contributed by atoms with Gasteiger partial charge in [-0.1, -0.05) is 13.8 Å². The van der Waals surface area contributed by atoms with Gasteiger partial charge in [-0.05, 0) is 13.1 Å². The minimum absolute atomic E-state index is 0.142. The van der Waals surface area contributed by atoms with E-state index in [1.165, 1.54) is 0 Å². The fraction of sp³-hybridized carbons (Fsp3) is 1.00. The van der Waals surface area contributed by atoms with Crippen LogP contribution in [0.4, 0.5) is 0 Å². The van der Waals surface area contributed by atoms with Gasteiger partial charge < -0.3 is 15.1 Å². The molecule has 0 saturated carbocycles. The maximum atomic E-state index is 9.00. The fourth-order valence-electron chi connectivity index (χ4n) is 0.838. The SMILES string of the molecule is CCN(CC)C[C@@H](O)CO. The fourth-order valence-corrected chi connectivity index (χ4v) is 0.838. The highest BCUT2D eigenvalue weighted by Gasteiger charge is 2.05. The lowest BCUT2D eigenvalue weighted by atomic mass is 10.3. The highest BCUT2D eigenvalue weighted by atomic mass is 16.3. The first kappa shape index (κ1) is 9.88. The second-order valence-corrected chi connectivity index (χ2v) is 2.32. The molecule has 0 spiro atoms. The van der Waals surface area contributed by atoms with Crippen molar-refractivity contribution in [3.05, 3.63) is 0 Å². The number of hydrogen-bond donors (Lipinski definition) is 2. The molecule has 0 bridgehead atoms. The van der Waals surface area contributed by atoms with E-state index in [4.69, 9.17) is 10.2 Å². The quantitative estimate of drug-likeness (QED) is 0.560. The molecule has 10 heavy (non-hydrogen) atoms. The zero-order chi connectivity index (χ0) is 7.98. The molecule has 0 unspecified atom stereocenters. The van der Waals surface area contributed by atoms with Crippen molar-refractivity contribution >= 4 is 0 Å². The van der Waals surface area contributed by atoms with Crippen LogP contribution in [0.2, 0.25) is 0 Å². The van der Waals surface area contributed by atoms with Crippen molar-refractivity contribution < 1.29 is 10.2 Å². The first-order valence-electron chi connectivity index (χ1n) is 3.75. The van der Waals surface area contributed by atoms with E-state index < -0.39 is 6.10 Å². The number of likely N-dealkylation sites (N-methyl/N-ethyl adjacent to an activating group) is 1. The van der Waals surface area contributed by atoms with Crippen molar-refractivity contribution in [2.45, 2.75) is 20.0 Å². The topological polar surface area (TPSA) is 43.7 Å². The summed E-state index contributed by atoms with van der Waals surface area (Å²) in [7, 11) is 0. The number of nitrogens with zero attached hydrogens (tertiary/aromatic N) is 1. The highest BCUT2D eigenvalue weighted by Crippen LogP contribution is 1.90. The van der Waals surface area contributed by atoms with E-state index in [0.29, 0.717) is 6.54 Å². The number of rotatable bonds is 5. The molecule has 1 atom stereocenters. The second kappa shape index (κ2) is 5.65. The average Bonchev–Trinajstić information content (AvgIpc) is 1.99. The maximum Gasteiger partial charge on any atom is 0.0897 e. The Kier molecular flexibility index (Phi) is 5.58. The van der Waals surface area contributed by atoms with Crippen molar-refractivity contribution in [3.8, 4) is 0 Å². The molecule has 0 aromatic rings. The summed E-state index contributed by atoms with van der Waals surface area (Å²) in [6.45, 7) is 6.35. The van der Waals surface area contributed by atoms with Gasteiger partial charge in [0.25, 0.3) is 0 Å². The lowest BCUT2D eigenvalue weighted by molar-refractivity contribution is 0.0623. The molecule has 0 aliphatic rings. The van der Waals surface area contributed by atoms with Gasteiger partial charge >= 0.3 is 0 Å². The maximum absolute atomic E-state index is 9.00. The standard InChI is InChI=1S/C7H17NO2/c1-3-8(4-2)5-7(10)6-9/h7,9-10H,3-6H2,1-2H3/t7-/m1/s1. The summed E-state index contributed by atoms with van der Waals surface area (Å²) in [6.07, 6.45) is -0.583. The Labute approximate surface area is 62.3 Å². The third kappa shape index (κ3) is 3.82. The third-order valence-corrected chi connectivity index (χ3v) is 1.57. The summed E-state index contributed by atoms with van der Waals surface area (Å²) >= 11 is 0. The van der Waals surface area contributed by atoms with Crippen LogP contribution in [0.1, 0.15) is 13.8 Å². The van der Waals surface area contributed by atoms with Crippen LogP contribution >= 0.6 is 0 Å². The first-order chi connectivity index (χ1) is 4.74. The summed E-state index contributed by atoms with van der Waals surface area (Å²) in [5.41, 5.74) is 0. The predicted molar refractivity (Wildman–Crippen MR) is 40.9 cm³/mol. The Morgan fingerprint density at radius 1 is 1.30 bits per heavy atom. The van der Waals surface area contributed by atoms with Gasteiger partial charge in [-0.3, -0.25) is 0 Å². The summed E-state index contributed by atoms with van der Waals surface area (Å²) in [6, 6.07) is 0. The molecule has 0 aliphatic heterocycles. The van der Waals surface area contributed by atoms with Crippen molar-refractivity contribution in [2.24, 2.45) is 0 Å². The monoisotopic (exact) mass is 147 g/mol. The largest absolute Gasteiger partial charge is 0.394 e. The van der Waals surface area contributed by atoms with Crippen molar-refractivity contribution in [2.75, 3.05) is 26.2 Å². The molecule has 2 N–H and O–H groups in total. The predicted octanol–water partition coefficient (Wildman–Crippen LogP) is -0.319. The summed E-state index contributed by atoms with van der Waals surface area (Å²) < 4.78 is 0. The third-order valence-electron chi connectivity index (χ3n) is 1.57. The minimum Gasteiger partial charge on any atom is -0.394 e. The summed E-state index contributed by atoms with van der Waals surface area (Å²) in [4.78, 5) is 2.07. The average molecular weight is 147 g/mol. The Hall–Kier alpha value is -0.120. The minimum atomic E-state index is -0.583. The molecular weight excluding hydrogens is 130 g/mol. The molecule has 3 heteroatoms. The number of aliphatic hydroxyl groups is 2. The summed E-state index contributed by atoms with van der Waals surface area (Å²) in [5, 5.41) is 17.5. The summed E-state index contributed by atoms with van der Waals surface area (Å²) in [5.74, 6) is 0. The van der Waals surface area contributed by atoms with Crippen LogP contribution in [0.15, 0.2) is 0 Å². The Morgan fingerprint density at radius 2 is 1.80 bits per heavy atom. The van der Waals surface area contributed by atoms with Gasteiger partial charge in [0, 0.05) is 6.54 Å². The van der Waals surface area contributed by atoms with Gasteiger partial charge in [-0.25, -0.2) is 0 Å². The smallest absolute Gasteiger partial charge is 0.0897 e. The molecule has 0 heterocycles. The van der Waals surface area contributed by atoms with E-state index in [1.54, 1.807) is 0 Å².